The van der Waals surface area contributed by atoms with Gasteiger partial charge in [-0.05, 0) is 32.9 Å². The third kappa shape index (κ3) is 5.02. The van der Waals surface area contributed by atoms with Gasteiger partial charge in [0.2, 0.25) is 0 Å². The number of nitrogen functional groups attached to an aromatic ring is 1. The number of benzene rings is 2. The smallest absolute Gasteiger partial charge is 0.414 e. The minimum atomic E-state index is -0.633. The van der Waals surface area contributed by atoms with Crippen LogP contribution in [-0.2, 0) is 4.74 Å². The van der Waals surface area contributed by atoms with E-state index in [-0.39, 0.29) is 5.75 Å². The number of amides is 1. The van der Waals surface area contributed by atoms with Crippen LogP contribution in [0.5, 0.6) is 17.2 Å². The van der Waals surface area contributed by atoms with Crippen molar-refractivity contribution in [2.24, 2.45) is 0 Å². The zero-order chi connectivity index (χ0) is 19.5. The minimum Gasteiger partial charge on any atom is -0.497 e. The molecule has 0 radical (unpaired) electrons. The van der Waals surface area contributed by atoms with E-state index in [1.54, 1.807) is 52.1 Å². The maximum absolute atomic E-state index is 13.6. The number of hydrogen-bond donors (Lipinski definition) is 1. The van der Waals surface area contributed by atoms with E-state index in [1.165, 1.54) is 24.1 Å². The summed E-state index contributed by atoms with van der Waals surface area (Å²) in [6, 6.07) is 8.84. The molecule has 6 nitrogen and oxygen atoms in total. The van der Waals surface area contributed by atoms with Gasteiger partial charge in [0.15, 0.2) is 0 Å². The standard InChI is InChI=1S/C19H23FN2O4/c1-19(2,3)26-18(23)22(4)17-11-13(6-7-16(17)21)25-15-9-12(20)8-14(10-15)24-5/h6-11H,21H2,1-5H3. The molecule has 2 N–H and O–H groups in total. The second kappa shape index (κ2) is 7.51. The molecule has 0 bridgehead atoms. The molecule has 0 aliphatic carbocycles. The molecule has 0 atom stereocenters. The first-order valence-corrected chi connectivity index (χ1v) is 7.98. The van der Waals surface area contributed by atoms with Crippen LogP contribution in [0.4, 0.5) is 20.6 Å². The number of rotatable bonds is 4. The molecule has 7 heteroatoms. The van der Waals surface area contributed by atoms with Crippen molar-refractivity contribution in [2.45, 2.75) is 26.4 Å². The number of halogens is 1. The maximum Gasteiger partial charge on any atom is 0.414 e. The Bertz CT molecular complexity index is 803. The quantitative estimate of drug-likeness (QED) is 0.806. The highest BCUT2D eigenvalue weighted by Gasteiger charge is 2.22. The molecular weight excluding hydrogens is 339 g/mol. The summed E-state index contributed by atoms with van der Waals surface area (Å²) in [4.78, 5) is 13.5. The molecule has 2 rings (SSSR count). The first kappa shape index (κ1) is 19.4. The second-order valence-corrected chi connectivity index (χ2v) is 6.69. The van der Waals surface area contributed by atoms with Crippen molar-refractivity contribution in [1.29, 1.82) is 0 Å². The number of carbonyl (C=O) groups excluding carboxylic acids is 1. The highest BCUT2D eigenvalue weighted by atomic mass is 19.1. The monoisotopic (exact) mass is 362 g/mol. The van der Waals surface area contributed by atoms with Gasteiger partial charge in [0.1, 0.15) is 28.7 Å². The van der Waals surface area contributed by atoms with Crippen LogP contribution in [-0.4, -0.2) is 25.9 Å². The van der Waals surface area contributed by atoms with Crippen molar-refractivity contribution >= 4 is 17.5 Å². The fraction of sp³-hybridized carbons (Fsp3) is 0.316. The van der Waals surface area contributed by atoms with Gasteiger partial charge in [0.05, 0.1) is 18.5 Å². The van der Waals surface area contributed by atoms with Crippen LogP contribution < -0.4 is 20.1 Å². The lowest BCUT2D eigenvalue weighted by molar-refractivity contribution is 0.0589. The number of ether oxygens (including phenoxy) is 3. The average Bonchev–Trinajstić information content (AvgIpc) is 2.53. The molecule has 0 saturated heterocycles. The predicted molar refractivity (Wildman–Crippen MR) is 98.5 cm³/mol. The summed E-state index contributed by atoms with van der Waals surface area (Å²) in [7, 11) is 2.99. The largest absolute Gasteiger partial charge is 0.497 e. The van der Waals surface area contributed by atoms with E-state index in [0.29, 0.717) is 22.9 Å². The number of anilines is 2. The Morgan fingerprint density at radius 1 is 1.08 bits per heavy atom. The van der Waals surface area contributed by atoms with Crippen molar-refractivity contribution in [1.82, 2.24) is 0 Å². The number of hydrogen-bond acceptors (Lipinski definition) is 5. The highest BCUT2D eigenvalue weighted by molar-refractivity contribution is 5.91. The summed E-state index contributed by atoms with van der Waals surface area (Å²) >= 11 is 0. The fourth-order valence-corrected chi connectivity index (χ4v) is 2.16. The van der Waals surface area contributed by atoms with Gasteiger partial charge in [-0.2, -0.15) is 0 Å². The van der Waals surface area contributed by atoms with E-state index in [2.05, 4.69) is 0 Å². The predicted octanol–water partition coefficient (Wildman–Crippen LogP) is 4.58. The van der Waals surface area contributed by atoms with Crippen molar-refractivity contribution < 1.29 is 23.4 Å². The molecule has 2 aromatic carbocycles. The van der Waals surface area contributed by atoms with E-state index in [1.807, 2.05) is 0 Å². The summed E-state index contributed by atoms with van der Waals surface area (Å²) in [6.45, 7) is 5.33. The molecule has 140 valence electrons. The highest BCUT2D eigenvalue weighted by Crippen LogP contribution is 2.32. The topological polar surface area (TPSA) is 74.0 Å². The Hall–Kier alpha value is -2.96. The lowest BCUT2D eigenvalue weighted by Gasteiger charge is -2.25. The maximum atomic E-state index is 13.6. The lowest BCUT2D eigenvalue weighted by atomic mass is 10.2. The third-order valence-corrected chi connectivity index (χ3v) is 3.35. The van der Waals surface area contributed by atoms with E-state index >= 15 is 0 Å². The zero-order valence-corrected chi connectivity index (χ0v) is 15.5. The first-order chi connectivity index (χ1) is 12.1. The number of carbonyl (C=O) groups is 1. The Labute approximate surface area is 152 Å². The van der Waals surface area contributed by atoms with Crippen molar-refractivity contribution in [3.8, 4) is 17.2 Å². The molecule has 0 fully saturated rings. The molecule has 0 heterocycles. The van der Waals surface area contributed by atoms with Crippen LogP contribution in [0.2, 0.25) is 0 Å². The third-order valence-electron chi connectivity index (χ3n) is 3.35. The number of methoxy groups -OCH3 is 1. The van der Waals surface area contributed by atoms with E-state index in [0.717, 1.165) is 0 Å². The molecule has 26 heavy (non-hydrogen) atoms. The summed E-state index contributed by atoms with van der Waals surface area (Å²) in [5.74, 6) is 0.497. The first-order valence-electron chi connectivity index (χ1n) is 7.98. The Morgan fingerprint density at radius 3 is 2.35 bits per heavy atom. The van der Waals surface area contributed by atoms with Gasteiger partial charge in [-0.15, -0.1) is 0 Å². The van der Waals surface area contributed by atoms with E-state index in [4.69, 9.17) is 19.9 Å². The average molecular weight is 362 g/mol. The normalized spacial score (nSPS) is 11.0. The second-order valence-electron chi connectivity index (χ2n) is 6.69. The lowest BCUT2D eigenvalue weighted by Crippen LogP contribution is -2.34. The molecule has 0 unspecified atom stereocenters. The van der Waals surface area contributed by atoms with Gasteiger partial charge < -0.3 is 19.9 Å². The fourth-order valence-electron chi connectivity index (χ4n) is 2.16. The summed E-state index contributed by atoms with van der Waals surface area (Å²) in [5.41, 5.74) is 6.13. The van der Waals surface area contributed by atoms with Gasteiger partial charge in [0, 0.05) is 31.3 Å². The zero-order valence-electron chi connectivity index (χ0n) is 15.5. The number of nitrogens with zero attached hydrogens (tertiary/aromatic N) is 1. The molecule has 0 spiro atoms. The number of nitrogens with two attached hydrogens (primary N) is 1. The van der Waals surface area contributed by atoms with Crippen LogP contribution in [0.15, 0.2) is 36.4 Å². The van der Waals surface area contributed by atoms with Gasteiger partial charge in [-0.3, -0.25) is 4.90 Å². The molecule has 0 aromatic heterocycles. The van der Waals surface area contributed by atoms with Crippen molar-refractivity contribution in [3.63, 3.8) is 0 Å². The van der Waals surface area contributed by atoms with Gasteiger partial charge in [0.25, 0.3) is 0 Å². The van der Waals surface area contributed by atoms with Crippen molar-refractivity contribution in [3.05, 3.63) is 42.2 Å². The molecule has 1 amide bonds. The van der Waals surface area contributed by atoms with E-state index in [9.17, 15) is 9.18 Å². The molecule has 2 aromatic rings. The SMILES string of the molecule is COc1cc(F)cc(Oc2ccc(N)c(N(C)C(=O)OC(C)(C)C)c2)c1. The molecule has 0 aliphatic rings. The molecular formula is C19H23FN2O4. The molecule has 0 aliphatic heterocycles. The van der Waals surface area contributed by atoms with Gasteiger partial charge >= 0.3 is 6.09 Å². The summed E-state index contributed by atoms with van der Waals surface area (Å²) in [6.07, 6.45) is -0.547. The Balaban J connectivity index is 2.27. The van der Waals surface area contributed by atoms with Crippen LogP contribution in [0.25, 0.3) is 0 Å². The minimum absolute atomic E-state index is 0.262. The summed E-state index contributed by atoms with van der Waals surface area (Å²) in [5, 5.41) is 0. The van der Waals surface area contributed by atoms with Crippen LogP contribution >= 0.6 is 0 Å². The summed E-state index contributed by atoms with van der Waals surface area (Å²) < 4.78 is 29.6. The van der Waals surface area contributed by atoms with Crippen LogP contribution in [0.3, 0.4) is 0 Å². The van der Waals surface area contributed by atoms with Gasteiger partial charge in [-0.25, -0.2) is 9.18 Å². The van der Waals surface area contributed by atoms with Crippen molar-refractivity contribution in [2.75, 3.05) is 24.8 Å². The van der Waals surface area contributed by atoms with Crippen LogP contribution in [0.1, 0.15) is 20.8 Å². The van der Waals surface area contributed by atoms with Crippen LogP contribution in [0, 0.1) is 5.82 Å². The Kier molecular flexibility index (Phi) is 5.59. The van der Waals surface area contributed by atoms with E-state index < -0.39 is 17.5 Å². The van der Waals surface area contributed by atoms with Gasteiger partial charge in [-0.1, -0.05) is 0 Å². The molecule has 0 saturated carbocycles. The Morgan fingerprint density at radius 2 is 1.73 bits per heavy atom.